The van der Waals surface area contributed by atoms with Gasteiger partial charge in [0.05, 0.1) is 0 Å². The van der Waals surface area contributed by atoms with Gasteiger partial charge < -0.3 is 0 Å². The molecule has 0 nitrogen and oxygen atoms in total. The van der Waals surface area contributed by atoms with E-state index < -0.39 is 0 Å². The Morgan fingerprint density at radius 3 is 2.20 bits per heavy atom. The zero-order chi connectivity index (χ0) is 7.78. The summed E-state index contributed by atoms with van der Waals surface area (Å²) in [6, 6.07) is 0. The van der Waals surface area contributed by atoms with E-state index in [4.69, 9.17) is 0 Å². The lowest BCUT2D eigenvalue weighted by atomic mass is 9.83. The lowest BCUT2D eigenvalue weighted by Gasteiger charge is -2.22. The SMILES string of the molecule is CCC1CC(C)C(C)(C)C1. The van der Waals surface area contributed by atoms with Gasteiger partial charge in [0.2, 0.25) is 0 Å². The van der Waals surface area contributed by atoms with Crippen LogP contribution in [0.1, 0.15) is 47.0 Å². The van der Waals surface area contributed by atoms with Crippen LogP contribution in [0.15, 0.2) is 0 Å². The Morgan fingerprint density at radius 1 is 1.40 bits per heavy atom. The zero-order valence-corrected chi connectivity index (χ0v) is 7.78. The van der Waals surface area contributed by atoms with Crippen molar-refractivity contribution >= 4 is 0 Å². The quantitative estimate of drug-likeness (QED) is 0.523. The summed E-state index contributed by atoms with van der Waals surface area (Å²) in [6.45, 7) is 9.54. The van der Waals surface area contributed by atoms with Gasteiger partial charge in [-0.2, -0.15) is 0 Å². The number of hydrogen-bond acceptors (Lipinski definition) is 0. The van der Waals surface area contributed by atoms with Crippen molar-refractivity contribution < 1.29 is 0 Å². The van der Waals surface area contributed by atoms with Crippen molar-refractivity contribution in [1.29, 1.82) is 0 Å². The van der Waals surface area contributed by atoms with Crippen molar-refractivity contribution in [2.24, 2.45) is 17.3 Å². The highest BCUT2D eigenvalue weighted by molar-refractivity contribution is 4.86. The van der Waals surface area contributed by atoms with Gasteiger partial charge in [-0.05, 0) is 30.1 Å². The molecule has 1 fully saturated rings. The molecule has 2 atom stereocenters. The molecule has 0 amide bonds. The normalized spacial score (nSPS) is 38.4. The first kappa shape index (κ1) is 8.10. The Kier molecular flexibility index (Phi) is 2.07. The van der Waals surface area contributed by atoms with Gasteiger partial charge in [0.15, 0.2) is 0 Å². The van der Waals surface area contributed by atoms with Gasteiger partial charge in [0.1, 0.15) is 0 Å². The molecule has 1 aliphatic rings. The van der Waals surface area contributed by atoms with Crippen molar-refractivity contribution in [2.75, 3.05) is 0 Å². The molecule has 0 bridgehead atoms. The molecule has 60 valence electrons. The summed E-state index contributed by atoms with van der Waals surface area (Å²) in [5.74, 6) is 1.96. The van der Waals surface area contributed by atoms with Crippen molar-refractivity contribution in [3.8, 4) is 0 Å². The molecule has 1 saturated carbocycles. The average molecular weight is 140 g/mol. The highest BCUT2D eigenvalue weighted by Gasteiger charge is 2.36. The third-order valence-electron chi connectivity index (χ3n) is 3.41. The van der Waals surface area contributed by atoms with Crippen LogP contribution in [0.3, 0.4) is 0 Å². The minimum absolute atomic E-state index is 0.626. The van der Waals surface area contributed by atoms with E-state index in [1.165, 1.54) is 19.3 Å². The average Bonchev–Trinajstić information content (AvgIpc) is 2.08. The van der Waals surface area contributed by atoms with Crippen LogP contribution in [0.2, 0.25) is 0 Å². The molecule has 0 aromatic rings. The molecule has 1 aliphatic carbocycles. The van der Waals surface area contributed by atoms with Crippen LogP contribution < -0.4 is 0 Å². The van der Waals surface area contributed by atoms with Gasteiger partial charge in [-0.25, -0.2) is 0 Å². The molecule has 0 heteroatoms. The van der Waals surface area contributed by atoms with Gasteiger partial charge in [-0.3, -0.25) is 0 Å². The summed E-state index contributed by atoms with van der Waals surface area (Å²) < 4.78 is 0. The van der Waals surface area contributed by atoms with Crippen molar-refractivity contribution in [3.05, 3.63) is 0 Å². The van der Waals surface area contributed by atoms with Gasteiger partial charge in [0.25, 0.3) is 0 Å². The third kappa shape index (κ3) is 1.36. The maximum Gasteiger partial charge on any atom is -0.0326 e. The molecule has 0 radical (unpaired) electrons. The third-order valence-corrected chi connectivity index (χ3v) is 3.41. The lowest BCUT2D eigenvalue weighted by molar-refractivity contribution is 0.277. The number of hydrogen-bond donors (Lipinski definition) is 0. The molecule has 0 spiro atoms. The minimum Gasteiger partial charge on any atom is -0.0651 e. The molecular formula is C10H20. The largest absolute Gasteiger partial charge is 0.0651 e. The molecule has 0 aliphatic heterocycles. The zero-order valence-electron chi connectivity index (χ0n) is 7.78. The van der Waals surface area contributed by atoms with Crippen LogP contribution in [0.25, 0.3) is 0 Å². The second kappa shape index (κ2) is 2.56. The van der Waals surface area contributed by atoms with Crippen LogP contribution in [-0.4, -0.2) is 0 Å². The molecule has 0 N–H and O–H groups in total. The molecule has 0 aromatic carbocycles. The smallest absolute Gasteiger partial charge is 0.0326 e. The van der Waals surface area contributed by atoms with Crippen LogP contribution in [0.5, 0.6) is 0 Å². The van der Waals surface area contributed by atoms with Crippen molar-refractivity contribution in [3.63, 3.8) is 0 Å². The molecule has 0 aromatic heterocycles. The second-order valence-electron chi connectivity index (χ2n) is 4.60. The summed E-state index contributed by atoms with van der Waals surface area (Å²) in [5.41, 5.74) is 0.626. The molecule has 10 heavy (non-hydrogen) atoms. The van der Waals surface area contributed by atoms with Gasteiger partial charge in [0, 0.05) is 0 Å². The Hall–Kier alpha value is 0. The van der Waals surface area contributed by atoms with Crippen molar-refractivity contribution in [2.45, 2.75) is 47.0 Å². The Morgan fingerprint density at radius 2 is 2.00 bits per heavy atom. The molecular weight excluding hydrogens is 120 g/mol. The highest BCUT2D eigenvalue weighted by atomic mass is 14.4. The predicted molar refractivity (Wildman–Crippen MR) is 46.0 cm³/mol. The van der Waals surface area contributed by atoms with E-state index in [2.05, 4.69) is 27.7 Å². The fourth-order valence-electron chi connectivity index (χ4n) is 2.16. The van der Waals surface area contributed by atoms with E-state index in [9.17, 15) is 0 Å². The van der Waals surface area contributed by atoms with E-state index in [0.717, 1.165) is 11.8 Å². The fraction of sp³-hybridized carbons (Fsp3) is 1.00. The summed E-state index contributed by atoms with van der Waals surface area (Å²) in [6.07, 6.45) is 4.29. The summed E-state index contributed by atoms with van der Waals surface area (Å²) in [5, 5.41) is 0. The van der Waals surface area contributed by atoms with Crippen molar-refractivity contribution in [1.82, 2.24) is 0 Å². The predicted octanol–water partition coefficient (Wildman–Crippen LogP) is 3.47. The lowest BCUT2D eigenvalue weighted by Crippen LogP contribution is -2.13. The van der Waals surface area contributed by atoms with Crippen LogP contribution in [-0.2, 0) is 0 Å². The van der Waals surface area contributed by atoms with E-state index >= 15 is 0 Å². The Bertz CT molecular complexity index is 113. The van der Waals surface area contributed by atoms with E-state index in [-0.39, 0.29) is 0 Å². The first-order chi connectivity index (χ1) is 4.56. The molecule has 0 heterocycles. The van der Waals surface area contributed by atoms with Gasteiger partial charge in [-0.1, -0.05) is 34.1 Å². The number of rotatable bonds is 1. The maximum absolute atomic E-state index is 2.41. The summed E-state index contributed by atoms with van der Waals surface area (Å²) in [7, 11) is 0. The minimum atomic E-state index is 0.626. The maximum atomic E-state index is 2.41. The molecule has 2 unspecified atom stereocenters. The monoisotopic (exact) mass is 140 g/mol. The van der Waals surface area contributed by atoms with Gasteiger partial charge >= 0.3 is 0 Å². The topological polar surface area (TPSA) is 0 Å². The molecule has 0 saturated heterocycles. The van der Waals surface area contributed by atoms with E-state index in [1.54, 1.807) is 0 Å². The van der Waals surface area contributed by atoms with E-state index in [1.807, 2.05) is 0 Å². The van der Waals surface area contributed by atoms with Crippen LogP contribution >= 0.6 is 0 Å². The molecule has 1 rings (SSSR count). The van der Waals surface area contributed by atoms with Gasteiger partial charge in [-0.15, -0.1) is 0 Å². The Balaban J connectivity index is 2.53. The van der Waals surface area contributed by atoms with Crippen LogP contribution in [0, 0.1) is 17.3 Å². The fourth-order valence-corrected chi connectivity index (χ4v) is 2.16. The summed E-state index contributed by atoms with van der Waals surface area (Å²) in [4.78, 5) is 0. The highest BCUT2D eigenvalue weighted by Crippen LogP contribution is 2.46. The standard InChI is InChI=1S/C10H20/c1-5-9-6-8(2)10(3,4)7-9/h8-9H,5-7H2,1-4H3. The van der Waals surface area contributed by atoms with E-state index in [0.29, 0.717) is 5.41 Å². The first-order valence-corrected chi connectivity index (χ1v) is 4.56. The Labute approximate surface area is 65.0 Å². The second-order valence-corrected chi connectivity index (χ2v) is 4.60. The summed E-state index contributed by atoms with van der Waals surface area (Å²) >= 11 is 0. The van der Waals surface area contributed by atoms with Crippen LogP contribution in [0.4, 0.5) is 0 Å². The first-order valence-electron chi connectivity index (χ1n) is 4.56.